The molecule has 0 spiro atoms. The highest BCUT2D eigenvalue weighted by atomic mass is 16.6. The van der Waals surface area contributed by atoms with E-state index in [9.17, 15) is 0 Å². The molecule has 5 aromatic rings. The topological polar surface area (TPSA) is 43.4 Å². The summed E-state index contributed by atoms with van der Waals surface area (Å²) in [6.45, 7) is 4.51. The van der Waals surface area contributed by atoms with Crippen molar-refractivity contribution in [2.24, 2.45) is 0 Å². The second kappa shape index (κ2) is 8.98. The van der Waals surface area contributed by atoms with Crippen LogP contribution in [0.15, 0.2) is 97.1 Å². The molecule has 4 aliphatic heterocycles. The first-order valence-electron chi connectivity index (χ1n) is 14.5. The minimum Gasteiger partial charge on any atom is -0.486 e. The summed E-state index contributed by atoms with van der Waals surface area (Å²) in [6, 6.07) is 34.7. The van der Waals surface area contributed by atoms with Crippen LogP contribution in [-0.2, 0) is 0 Å². The van der Waals surface area contributed by atoms with E-state index in [1.54, 1.807) is 0 Å². The Morgan fingerprint density at radius 3 is 1.45 bits per heavy atom. The van der Waals surface area contributed by atoms with Crippen molar-refractivity contribution in [3.8, 4) is 23.0 Å². The maximum absolute atomic E-state index is 6.02. The van der Waals surface area contributed by atoms with Crippen molar-refractivity contribution in [2.75, 3.05) is 36.2 Å². The first kappa shape index (κ1) is 23.6. The molecule has 6 nitrogen and oxygen atoms in total. The van der Waals surface area contributed by atoms with Crippen molar-refractivity contribution < 1.29 is 18.9 Å². The zero-order valence-electron chi connectivity index (χ0n) is 23.2. The summed E-state index contributed by atoms with van der Waals surface area (Å²) in [6.07, 6.45) is 0. The predicted molar refractivity (Wildman–Crippen MR) is 167 cm³/mol. The molecule has 0 saturated carbocycles. The van der Waals surface area contributed by atoms with E-state index in [0.29, 0.717) is 26.4 Å². The van der Waals surface area contributed by atoms with Crippen molar-refractivity contribution in [3.05, 3.63) is 103 Å². The third kappa shape index (κ3) is 3.40. The van der Waals surface area contributed by atoms with Crippen LogP contribution in [0.4, 0.5) is 34.1 Å². The molecule has 0 atom stereocenters. The van der Waals surface area contributed by atoms with E-state index in [2.05, 4.69) is 102 Å². The lowest BCUT2D eigenvalue weighted by molar-refractivity contribution is 0.171. The molecule has 5 aromatic carbocycles. The quantitative estimate of drug-likeness (QED) is 0.261. The molecule has 0 radical (unpaired) electrons. The van der Waals surface area contributed by atoms with E-state index < -0.39 is 0 Å². The summed E-state index contributed by atoms with van der Waals surface area (Å²) >= 11 is 0. The largest absolute Gasteiger partial charge is 0.486 e. The van der Waals surface area contributed by atoms with Gasteiger partial charge in [0.05, 0.1) is 11.4 Å². The summed E-state index contributed by atoms with van der Waals surface area (Å²) in [7, 11) is 0. The van der Waals surface area contributed by atoms with Gasteiger partial charge in [-0.1, -0.05) is 36.4 Å². The van der Waals surface area contributed by atoms with E-state index in [1.807, 2.05) is 12.1 Å². The van der Waals surface area contributed by atoms with E-state index in [0.717, 1.165) is 34.4 Å². The van der Waals surface area contributed by atoms with Crippen molar-refractivity contribution in [2.45, 2.75) is 6.92 Å². The Labute approximate surface area is 244 Å². The molecular weight excluding hydrogens is 523 g/mol. The molecule has 0 fully saturated rings. The molecule has 0 bridgehead atoms. The molecule has 0 aliphatic carbocycles. The molecule has 0 amide bonds. The van der Waals surface area contributed by atoms with Crippen LogP contribution in [0.1, 0.15) is 5.56 Å². The molecule has 4 aliphatic rings. The summed E-state index contributed by atoms with van der Waals surface area (Å²) in [5.74, 6) is 3.14. The number of para-hydroxylation sites is 2. The van der Waals surface area contributed by atoms with Gasteiger partial charge >= 0.3 is 0 Å². The minimum absolute atomic E-state index is 0.0879. The molecule has 204 valence electrons. The Hall–Kier alpha value is -5.04. The van der Waals surface area contributed by atoms with Gasteiger partial charge < -0.3 is 28.7 Å². The van der Waals surface area contributed by atoms with E-state index >= 15 is 0 Å². The standard InChI is InChI=1S/C35H27BN2O4/c1-22-18-29-35-30(19-22)38(24-11-13-32-34(21-24)42-17-15-40-32)28-9-5-3-7-26(28)36(35)25-6-2-4-8-27(25)37(29)23-10-12-31-33(20-23)41-16-14-39-31/h2-13,18-21H,14-17H2,1H3. The number of hydrogen-bond acceptors (Lipinski definition) is 6. The maximum Gasteiger partial charge on any atom is 0.252 e. The smallest absolute Gasteiger partial charge is 0.252 e. The molecule has 0 saturated heterocycles. The molecule has 0 unspecified atom stereocenters. The number of aryl methyl sites for hydroxylation is 1. The van der Waals surface area contributed by atoms with Crippen LogP contribution < -0.4 is 45.1 Å². The molecule has 4 heterocycles. The molecule has 42 heavy (non-hydrogen) atoms. The fourth-order valence-corrected chi connectivity index (χ4v) is 6.93. The van der Waals surface area contributed by atoms with E-state index in [1.165, 1.54) is 44.7 Å². The van der Waals surface area contributed by atoms with Crippen molar-refractivity contribution in [3.63, 3.8) is 0 Å². The number of benzene rings is 5. The second-order valence-corrected chi connectivity index (χ2v) is 11.1. The Kier molecular flexibility index (Phi) is 5.06. The van der Waals surface area contributed by atoms with Gasteiger partial charge in [-0.05, 0) is 77.4 Å². The molecule has 0 aromatic heterocycles. The van der Waals surface area contributed by atoms with Crippen LogP contribution in [0.25, 0.3) is 0 Å². The average Bonchev–Trinajstić information content (AvgIpc) is 3.04. The van der Waals surface area contributed by atoms with Gasteiger partial charge in [-0.2, -0.15) is 0 Å². The van der Waals surface area contributed by atoms with Crippen LogP contribution in [-0.4, -0.2) is 33.1 Å². The number of ether oxygens (including phenoxy) is 4. The van der Waals surface area contributed by atoms with Crippen molar-refractivity contribution in [1.29, 1.82) is 0 Å². The van der Waals surface area contributed by atoms with Gasteiger partial charge in [-0.3, -0.25) is 0 Å². The number of rotatable bonds is 2. The second-order valence-electron chi connectivity index (χ2n) is 11.1. The minimum atomic E-state index is 0.0879. The molecule has 7 heteroatoms. The van der Waals surface area contributed by atoms with Gasteiger partial charge in [0.1, 0.15) is 26.4 Å². The fourth-order valence-electron chi connectivity index (χ4n) is 6.93. The third-order valence-corrected chi connectivity index (χ3v) is 8.60. The fraction of sp³-hybridized carbons (Fsp3) is 0.143. The van der Waals surface area contributed by atoms with Crippen LogP contribution >= 0.6 is 0 Å². The van der Waals surface area contributed by atoms with Crippen LogP contribution in [0, 0.1) is 6.92 Å². The van der Waals surface area contributed by atoms with E-state index in [4.69, 9.17) is 18.9 Å². The highest BCUT2D eigenvalue weighted by molar-refractivity contribution is 7.00. The number of nitrogens with zero attached hydrogens (tertiary/aromatic N) is 2. The zero-order chi connectivity index (χ0) is 27.8. The summed E-state index contributed by atoms with van der Waals surface area (Å²) in [5, 5.41) is 0. The monoisotopic (exact) mass is 550 g/mol. The van der Waals surface area contributed by atoms with Gasteiger partial charge in [0.15, 0.2) is 23.0 Å². The summed E-state index contributed by atoms with van der Waals surface area (Å²) < 4.78 is 23.8. The van der Waals surface area contributed by atoms with Crippen LogP contribution in [0.5, 0.6) is 23.0 Å². The summed E-state index contributed by atoms with van der Waals surface area (Å²) in [4.78, 5) is 4.76. The number of hydrogen-bond donors (Lipinski definition) is 0. The van der Waals surface area contributed by atoms with Gasteiger partial charge in [0.25, 0.3) is 6.71 Å². The van der Waals surface area contributed by atoms with Gasteiger partial charge in [-0.15, -0.1) is 0 Å². The Bertz CT molecular complexity index is 1770. The Balaban J connectivity index is 1.31. The Morgan fingerprint density at radius 2 is 0.952 bits per heavy atom. The average molecular weight is 550 g/mol. The van der Waals surface area contributed by atoms with Crippen molar-refractivity contribution in [1.82, 2.24) is 0 Å². The van der Waals surface area contributed by atoms with Crippen LogP contribution in [0.2, 0.25) is 0 Å². The van der Waals surface area contributed by atoms with Crippen LogP contribution in [0.3, 0.4) is 0 Å². The third-order valence-electron chi connectivity index (χ3n) is 8.60. The first-order valence-corrected chi connectivity index (χ1v) is 14.5. The first-order chi connectivity index (χ1) is 20.7. The predicted octanol–water partition coefficient (Wildman–Crippen LogP) is 5.62. The molecular formula is C35H27BN2O4. The lowest BCUT2D eigenvalue weighted by atomic mass is 9.33. The van der Waals surface area contributed by atoms with Gasteiger partial charge in [-0.25, -0.2) is 0 Å². The number of anilines is 6. The maximum atomic E-state index is 6.02. The van der Waals surface area contributed by atoms with Gasteiger partial charge in [0, 0.05) is 34.9 Å². The van der Waals surface area contributed by atoms with Gasteiger partial charge in [0.2, 0.25) is 0 Å². The summed E-state index contributed by atoms with van der Waals surface area (Å²) in [5.41, 5.74) is 11.8. The SMILES string of the molecule is Cc1cc2c3c(c1)N(c1ccc4c(c1)OCCO4)c1ccccc1B3c1ccccc1N2c1ccc2c(c1)OCCO2. The van der Waals surface area contributed by atoms with Crippen molar-refractivity contribution >= 4 is 57.2 Å². The van der Waals surface area contributed by atoms with E-state index in [-0.39, 0.29) is 6.71 Å². The highest BCUT2D eigenvalue weighted by Crippen LogP contribution is 2.47. The number of fused-ring (bicyclic) bond motifs is 6. The molecule has 9 rings (SSSR count). The zero-order valence-corrected chi connectivity index (χ0v) is 23.2. The lowest BCUT2D eigenvalue weighted by Crippen LogP contribution is -2.61. The molecule has 0 N–H and O–H groups in total. The highest BCUT2D eigenvalue weighted by Gasteiger charge is 2.43. The Morgan fingerprint density at radius 1 is 0.500 bits per heavy atom. The lowest BCUT2D eigenvalue weighted by Gasteiger charge is -2.44. The normalized spacial score (nSPS) is 15.5.